The maximum Gasteiger partial charge on any atom is 0.412 e. The van der Waals surface area contributed by atoms with Crippen LogP contribution < -0.4 is 5.32 Å². The molecule has 1 fully saturated rings. The van der Waals surface area contributed by atoms with Gasteiger partial charge < -0.3 is 5.32 Å². The van der Waals surface area contributed by atoms with Gasteiger partial charge in [0.05, 0.1) is 0 Å². The number of rotatable bonds is 0. The zero-order valence-electron chi connectivity index (χ0n) is 6.90. The van der Waals surface area contributed by atoms with Crippen LogP contribution in [-0.2, 0) is 4.79 Å². The summed E-state index contributed by atoms with van der Waals surface area (Å²) in [7, 11) is 1.32. The van der Waals surface area contributed by atoms with Crippen LogP contribution in [0.15, 0.2) is 4.99 Å². The molecule has 0 radical (unpaired) electrons. The van der Waals surface area contributed by atoms with Gasteiger partial charge in [0, 0.05) is 7.05 Å². The third-order valence-corrected chi connectivity index (χ3v) is 3.00. The first kappa shape index (κ1) is 10.4. The number of nitrogens with zero attached hydrogens (tertiary/aromatic N) is 1. The van der Waals surface area contributed by atoms with E-state index >= 15 is 0 Å². The van der Waals surface area contributed by atoms with Crippen molar-refractivity contribution >= 4 is 22.8 Å². The minimum Gasteiger partial charge on any atom is -0.304 e. The molecule has 1 amide bonds. The number of hydrogen-bond acceptors (Lipinski definition) is 3. The molecule has 1 unspecified atom stereocenters. The zero-order valence-corrected chi connectivity index (χ0v) is 7.71. The largest absolute Gasteiger partial charge is 0.412 e. The van der Waals surface area contributed by atoms with Gasteiger partial charge in [-0.05, 0) is 6.92 Å². The highest BCUT2D eigenvalue weighted by molar-refractivity contribution is 8.16. The van der Waals surface area contributed by atoms with Crippen LogP contribution in [0.25, 0.3) is 0 Å². The number of halogens is 3. The Morgan fingerprint density at radius 2 is 2.08 bits per heavy atom. The fraction of sp³-hybridized carbons (Fsp3) is 0.667. The van der Waals surface area contributed by atoms with Crippen molar-refractivity contribution in [3.63, 3.8) is 0 Å². The van der Waals surface area contributed by atoms with E-state index in [0.717, 1.165) is 6.92 Å². The molecule has 1 heterocycles. The first-order chi connectivity index (χ1) is 5.81. The second kappa shape index (κ2) is 2.90. The molecule has 0 bridgehead atoms. The minimum atomic E-state index is -4.56. The molecule has 7 heteroatoms. The standard InChI is InChI=1S/C6H7F3N2OS/c1-5(6(7,8)9)3(12)11-4(10-2)13-5/h1-2H3,(H,10,11,12). The van der Waals surface area contributed by atoms with Crippen molar-refractivity contribution in [3.05, 3.63) is 0 Å². The fourth-order valence-corrected chi connectivity index (χ4v) is 1.65. The Bertz CT molecular complexity index is 276. The third-order valence-electron chi connectivity index (χ3n) is 1.70. The molecule has 1 saturated heterocycles. The van der Waals surface area contributed by atoms with Crippen LogP contribution in [0.4, 0.5) is 13.2 Å². The fourth-order valence-electron chi connectivity index (χ4n) is 0.770. The van der Waals surface area contributed by atoms with Gasteiger partial charge >= 0.3 is 6.18 Å². The molecule has 1 aliphatic rings. The van der Waals surface area contributed by atoms with Crippen molar-refractivity contribution in [2.75, 3.05) is 7.05 Å². The summed E-state index contributed by atoms with van der Waals surface area (Å²) < 4.78 is 34.7. The van der Waals surface area contributed by atoms with Crippen molar-refractivity contribution in [3.8, 4) is 0 Å². The van der Waals surface area contributed by atoms with Gasteiger partial charge in [-0.25, -0.2) is 0 Å². The van der Waals surface area contributed by atoms with Gasteiger partial charge in [-0.2, -0.15) is 13.2 Å². The highest BCUT2D eigenvalue weighted by atomic mass is 32.2. The lowest BCUT2D eigenvalue weighted by molar-refractivity contribution is -0.166. The van der Waals surface area contributed by atoms with Gasteiger partial charge in [0.2, 0.25) is 0 Å². The summed E-state index contributed by atoms with van der Waals surface area (Å²) in [5.41, 5.74) is 0. The number of amides is 1. The van der Waals surface area contributed by atoms with Crippen molar-refractivity contribution in [1.29, 1.82) is 0 Å². The Morgan fingerprint density at radius 3 is 2.31 bits per heavy atom. The van der Waals surface area contributed by atoms with Gasteiger partial charge in [-0.15, -0.1) is 0 Å². The second-order valence-corrected chi connectivity index (χ2v) is 4.02. The smallest absolute Gasteiger partial charge is 0.304 e. The van der Waals surface area contributed by atoms with Crippen LogP contribution in [0.1, 0.15) is 6.92 Å². The van der Waals surface area contributed by atoms with E-state index in [0.29, 0.717) is 11.8 Å². The van der Waals surface area contributed by atoms with Gasteiger partial charge in [0.25, 0.3) is 5.91 Å². The van der Waals surface area contributed by atoms with E-state index in [4.69, 9.17) is 0 Å². The number of aliphatic imine (C=N–C) groups is 1. The van der Waals surface area contributed by atoms with Crippen LogP contribution in [0.3, 0.4) is 0 Å². The molecular weight excluding hydrogens is 205 g/mol. The van der Waals surface area contributed by atoms with Crippen molar-refractivity contribution in [2.24, 2.45) is 4.99 Å². The van der Waals surface area contributed by atoms with Crippen LogP contribution in [0.2, 0.25) is 0 Å². The molecule has 1 rings (SSSR count). The Kier molecular flexibility index (Phi) is 2.31. The van der Waals surface area contributed by atoms with Gasteiger partial charge in [0.15, 0.2) is 9.91 Å². The van der Waals surface area contributed by atoms with E-state index in [9.17, 15) is 18.0 Å². The Labute approximate surface area is 76.8 Å². The highest BCUT2D eigenvalue weighted by Crippen LogP contribution is 2.44. The summed E-state index contributed by atoms with van der Waals surface area (Å²) >= 11 is 0.392. The monoisotopic (exact) mass is 212 g/mol. The number of alkyl halides is 3. The second-order valence-electron chi connectivity index (χ2n) is 2.62. The summed E-state index contributed by atoms with van der Waals surface area (Å²) in [5, 5.41) is 2.06. The first-order valence-corrected chi connectivity index (χ1v) is 4.17. The quantitative estimate of drug-likeness (QED) is 0.654. The minimum absolute atomic E-state index is 0.00447. The summed E-state index contributed by atoms with van der Waals surface area (Å²) in [5.74, 6) is -1.06. The molecular formula is C6H7F3N2OS. The van der Waals surface area contributed by atoms with E-state index in [1.807, 2.05) is 0 Å². The van der Waals surface area contributed by atoms with Gasteiger partial charge in [-0.3, -0.25) is 9.79 Å². The normalized spacial score (nSPS) is 32.4. The summed E-state index contributed by atoms with van der Waals surface area (Å²) in [6.07, 6.45) is -4.56. The number of amidine groups is 1. The molecule has 0 aromatic heterocycles. The van der Waals surface area contributed by atoms with E-state index in [1.54, 1.807) is 0 Å². The molecule has 0 aromatic carbocycles. The summed E-state index contributed by atoms with van der Waals surface area (Å²) in [6, 6.07) is 0. The van der Waals surface area contributed by atoms with Crippen molar-refractivity contribution < 1.29 is 18.0 Å². The lowest BCUT2D eigenvalue weighted by Gasteiger charge is -2.21. The van der Waals surface area contributed by atoms with Crippen LogP contribution >= 0.6 is 11.8 Å². The predicted octanol–water partition coefficient (Wildman–Crippen LogP) is 1.16. The van der Waals surface area contributed by atoms with Crippen LogP contribution in [-0.4, -0.2) is 29.0 Å². The molecule has 1 N–H and O–H groups in total. The molecule has 3 nitrogen and oxygen atoms in total. The molecule has 0 saturated carbocycles. The first-order valence-electron chi connectivity index (χ1n) is 3.35. The van der Waals surface area contributed by atoms with Gasteiger partial charge in [-0.1, -0.05) is 11.8 Å². The third kappa shape index (κ3) is 1.52. The Hall–Kier alpha value is -0.720. The van der Waals surface area contributed by atoms with E-state index in [-0.39, 0.29) is 5.17 Å². The highest BCUT2D eigenvalue weighted by Gasteiger charge is 2.61. The van der Waals surface area contributed by atoms with Crippen molar-refractivity contribution in [1.82, 2.24) is 5.32 Å². The van der Waals surface area contributed by atoms with E-state index in [1.165, 1.54) is 7.05 Å². The van der Waals surface area contributed by atoms with Crippen LogP contribution in [0.5, 0.6) is 0 Å². The number of carbonyl (C=O) groups is 1. The molecule has 0 spiro atoms. The lowest BCUT2D eigenvalue weighted by Crippen LogP contribution is -2.46. The number of nitrogens with one attached hydrogen (secondary N) is 1. The average molecular weight is 212 g/mol. The Morgan fingerprint density at radius 1 is 1.54 bits per heavy atom. The van der Waals surface area contributed by atoms with E-state index < -0.39 is 16.8 Å². The SMILES string of the molecule is CN=C1NC(=O)C(C)(C(F)(F)F)S1. The molecule has 1 aliphatic heterocycles. The zero-order chi connectivity index (χ0) is 10.3. The topological polar surface area (TPSA) is 41.5 Å². The Balaban J connectivity index is 3.01. The van der Waals surface area contributed by atoms with Crippen LogP contribution in [0, 0.1) is 0 Å². The van der Waals surface area contributed by atoms with E-state index in [2.05, 4.69) is 10.3 Å². The molecule has 74 valence electrons. The molecule has 0 aliphatic carbocycles. The molecule has 1 atom stereocenters. The summed E-state index contributed by atoms with van der Waals surface area (Å²) in [4.78, 5) is 14.5. The number of hydrogen-bond donors (Lipinski definition) is 1. The number of carbonyl (C=O) groups excluding carboxylic acids is 1. The number of thioether (sulfide) groups is 1. The average Bonchev–Trinajstić information content (AvgIpc) is 2.28. The maximum absolute atomic E-state index is 12.4. The van der Waals surface area contributed by atoms with Crippen molar-refractivity contribution in [2.45, 2.75) is 17.8 Å². The van der Waals surface area contributed by atoms with Gasteiger partial charge in [0.1, 0.15) is 0 Å². The molecule has 13 heavy (non-hydrogen) atoms. The lowest BCUT2D eigenvalue weighted by atomic mass is 10.1. The summed E-state index contributed by atoms with van der Waals surface area (Å²) in [6.45, 7) is 0.838. The predicted molar refractivity (Wildman–Crippen MR) is 43.6 cm³/mol. The maximum atomic E-state index is 12.4. The molecule has 0 aromatic rings.